The monoisotopic (exact) mass is 208 g/mol. The van der Waals surface area contributed by atoms with Gasteiger partial charge in [-0.05, 0) is 18.5 Å². The third kappa shape index (κ3) is 1.69. The average molecular weight is 208 g/mol. The highest BCUT2D eigenvalue weighted by molar-refractivity contribution is 7.13. The summed E-state index contributed by atoms with van der Waals surface area (Å²) < 4.78 is 1.81. The highest BCUT2D eigenvalue weighted by atomic mass is 32.1. The zero-order valence-electron chi connectivity index (χ0n) is 8.19. The Hall–Kier alpha value is -1.20. The lowest BCUT2D eigenvalue weighted by Gasteiger charge is -1.95. The van der Waals surface area contributed by atoms with Crippen LogP contribution in [0.15, 0.2) is 17.5 Å². The highest BCUT2D eigenvalue weighted by Crippen LogP contribution is 2.20. The minimum absolute atomic E-state index is 0.745. The van der Waals surface area contributed by atoms with Crippen molar-refractivity contribution in [3.8, 4) is 10.7 Å². The van der Waals surface area contributed by atoms with Gasteiger partial charge in [-0.2, -0.15) is 5.10 Å². The van der Waals surface area contributed by atoms with Crippen LogP contribution in [0.2, 0.25) is 0 Å². The second-order valence-corrected chi connectivity index (χ2v) is 3.93. The molecule has 2 aromatic heterocycles. The van der Waals surface area contributed by atoms with Gasteiger partial charge in [-0.15, -0.1) is 11.3 Å². The van der Waals surface area contributed by atoms with Crippen LogP contribution in [0.1, 0.15) is 5.82 Å². The molecule has 0 atom stereocenters. The highest BCUT2D eigenvalue weighted by Gasteiger charge is 2.08. The fraction of sp³-hybridized carbons (Fsp3) is 0.333. The van der Waals surface area contributed by atoms with Gasteiger partial charge in [0.25, 0.3) is 0 Å². The number of nitrogens with one attached hydrogen (secondary N) is 1. The van der Waals surface area contributed by atoms with Gasteiger partial charge in [0.1, 0.15) is 5.82 Å². The molecule has 74 valence electrons. The molecule has 2 heterocycles. The molecule has 1 N–H and O–H groups in total. The molecule has 14 heavy (non-hydrogen) atoms. The summed E-state index contributed by atoms with van der Waals surface area (Å²) in [6.07, 6.45) is 0. The van der Waals surface area contributed by atoms with Crippen molar-refractivity contribution in [1.82, 2.24) is 20.1 Å². The number of rotatable bonds is 3. The molecule has 0 aliphatic carbocycles. The normalized spacial score (nSPS) is 10.7. The molecule has 0 bridgehead atoms. The van der Waals surface area contributed by atoms with Crippen LogP contribution in [0.3, 0.4) is 0 Å². The van der Waals surface area contributed by atoms with E-state index in [4.69, 9.17) is 0 Å². The molecule has 2 rings (SSSR count). The second-order valence-electron chi connectivity index (χ2n) is 2.98. The van der Waals surface area contributed by atoms with Crippen LogP contribution in [0.5, 0.6) is 0 Å². The van der Waals surface area contributed by atoms with E-state index in [-0.39, 0.29) is 0 Å². The van der Waals surface area contributed by atoms with Gasteiger partial charge in [-0.1, -0.05) is 6.07 Å². The van der Waals surface area contributed by atoms with E-state index in [0.717, 1.165) is 23.1 Å². The summed E-state index contributed by atoms with van der Waals surface area (Å²) >= 11 is 1.66. The van der Waals surface area contributed by atoms with Gasteiger partial charge in [0.05, 0.1) is 11.4 Å². The summed E-state index contributed by atoms with van der Waals surface area (Å²) in [5, 5.41) is 9.44. The average Bonchev–Trinajstić information content (AvgIpc) is 2.76. The van der Waals surface area contributed by atoms with Crippen molar-refractivity contribution in [2.45, 2.75) is 6.54 Å². The summed E-state index contributed by atoms with van der Waals surface area (Å²) in [6, 6.07) is 4.04. The zero-order chi connectivity index (χ0) is 9.97. The molecule has 0 spiro atoms. The first kappa shape index (κ1) is 9.36. The maximum absolute atomic E-state index is 4.44. The van der Waals surface area contributed by atoms with Crippen LogP contribution in [-0.2, 0) is 13.6 Å². The standard InChI is InChI=1S/C9H12N4S/c1-10-6-8-11-9(12-13(8)2)7-4-3-5-14-7/h3-5,10H,6H2,1-2H3. The molecule has 0 aromatic carbocycles. The Kier molecular flexibility index (Phi) is 2.60. The number of aryl methyl sites for hydroxylation is 1. The lowest BCUT2D eigenvalue weighted by atomic mass is 10.4. The van der Waals surface area contributed by atoms with Gasteiger partial charge in [0.2, 0.25) is 0 Å². The largest absolute Gasteiger partial charge is 0.313 e. The SMILES string of the molecule is CNCc1nc(-c2cccs2)nn1C. The molecule has 2 aromatic rings. The number of thiophene rings is 1. The first-order valence-electron chi connectivity index (χ1n) is 4.39. The van der Waals surface area contributed by atoms with E-state index in [0.29, 0.717) is 0 Å². The minimum Gasteiger partial charge on any atom is -0.313 e. The van der Waals surface area contributed by atoms with E-state index in [1.165, 1.54) is 0 Å². The summed E-state index contributed by atoms with van der Waals surface area (Å²) in [7, 11) is 3.82. The Bertz CT molecular complexity index is 404. The predicted molar refractivity (Wildman–Crippen MR) is 57.1 cm³/mol. The Morgan fingerprint density at radius 3 is 3.07 bits per heavy atom. The van der Waals surface area contributed by atoms with Crippen molar-refractivity contribution in [3.63, 3.8) is 0 Å². The molecule has 0 aliphatic heterocycles. The predicted octanol–water partition coefficient (Wildman–Crippen LogP) is 1.26. The van der Waals surface area contributed by atoms with Gasteiger partial charge in [-0.25, -0.2) is 4.98 Å². The maximum atomic E-state index is 4.44. The molecular weight excluding hydrogens is 196 g/mol. The quantitative estimate of drug-likeness (QED) is 0.826. The van der Waals surface area contributed by atoms with Gasteiger partial charge < -0.3 is 5.32 Å². The minimum atomic E-state index is 0.745. The number of aromatic nitrogens is 3. The van der Waals surface area contributed by atoms with Gasteiger partial charge >= 0.3 is 0 Å². The van der Waals surface area contributed by atoms with Gasteiger partial charge in [0, 0.05) is 7.05 Å². The van der Waals surface area contributed by atoms with Crippen molar-refractivity contribution in [2.24, 2.45) is 7.05 Å². The zero-order valence-corrected chi connectivity index (χ0v) is 9.01. The molecule has 0 saturated carbocycles. The van der Waals surface area contributed by atoms with Crippen LogP contribution >= 0.6 is 11.3 Å². The van der Waals surface area contributed by atoms with Crippen LogP contribution in [0.25, 0.3) is 10.7 Å². The van der Waals surface area contributed by atoms with Crippen molar-refractivity contribution in [1.29, 1.82) is 0 Å². The van der Waals surface area contributed by atoms with Crippen molar-refractivity contribution < 1.29 is 0 Å². The molecule has 0 unspecified atom stereocenters. The third-order valence-electron chi connectivity index (χ3n) is 1.93. The van der Waals surface area contributed by atoms with Crippen molar-refractivity contribution in [3.05, 3.63) is 23.3 Å². The van der Waals surface area contributed by atoms with Gasteiger partial charge in [-0.3, -0.25) is 4.68 Å². The van der Waals surface area contributed by atoms with Crippen LogP contribution in [0.4, 0.5) is 0 Å². The Labute approximate surface area is 86.6 Å². The Morgan fingerprint density at radius 1 is 1.57 bits per heavy atom. The van der Waals surface area contributed by atoms with E-state index in [1.807, 2.05) is 36.3 Å². The first-order chi connectivity index (χ1) is 6.81. The fourth-order valence-electron chi connectivity index (χ4n) is 1.24. The van der Waals surface area contributed by atoms with E-state index in [1.54, 1.807) is 11.3 Å². The molecule has 0 aliphatic rings. The van der Waals surface area contributed by atoms with E-state index < -0.39 is 0 Å². The third-order valence-corrected chi connectivity index (χ3v) is 2.80. The molecule has 0 fully saturated rings. The van der Waals surface area contributed by atoms with E-state index in [9.17, 15) is 0 Å². The van der Waals surface area contributed by atoms with E-state index in [2.05, 4.69) is 15.4 Å². The van der Waals surface area contributed by atoms with Crippen molar-refractivity contribution >= 4 is 11.3 Å². The molecular formula is C9H12N4S. The van der Waals surface area contributed by atoms with Crippen molar-refractivity contribution in [2.75, 3.05) is 7.05 Å². The summed E-state index contributed by atoms with van der Waals surface area (Å²) in [5.74, 6) is 1.77. The van der Waals surface area contributed by atoms with Crippen LogP contribution < -0.4 is 5.32 Å². The lowest BCUT2D eigenvalue weighted by molar-refractivity contribution is 0.660. The Balaban J connectivity index is 2.33. The molecule has 0 saturated heterocycles. The number of hydrogen-bond donors (Lipinski definition) is 1. The van der Waals surface area contributed by atoms with Crippen LogP contribution in [0, 0.1) is 0 Å². The molecule has 5 heteroatoms. The maximum Gasteiger partial charge on any atom is 0.191 e. The molecule has 0 amide bonds. The number of nitrogens with zero attached hydrogens (tertiary/aromatic N) is 3. The van der Waals surface area contributed by atoms with E-state index >= 15 is 0 Å². The fourth-order valence-corrected chi connectivity index (χ4v) is 1.89. The second kappa shape index (κ2) is 3.89. The summed E-state index contributed by atoms with van der Waals surface area (Å²) in [5.41, 5.74) is 0. The lowest BCUT2D eigenvalue weighted by Crippen LogP contribution is -2.10. The van der Waals surface area contributed by atoms with Crippen LogP contribution in [-0.4, -0.2) is 21.8 Å². The Morgan fingerprint density at radius 2 is 2.43 bits per heavy atom. The first-order valence-corrected chi connectivity index (χ1v) is 5.27. The summed E-state index contributed by atoms with van der Waals surface area (Å²) in [6.45, 7) is 0.745. The smallest absolute Gasteiger partial charge is 0.191 e. The number of hydrogen-bond acceptors (Lipinski definition) is 4. The summed E-state index contributed by atoms with van der Waals surface area (Å²) in [4.78, 5) is 5.56. The topological polar surface area (TPSA) is 42.7 Å². The van der Waals surface area contributed by atoms with Gasteiger partial charge in [0.15, 0.2) is 5.82 Å². The molecule has 4 nitrogen and oxygen atoms in total. The molecule has 0 radical (unpaired) electrons.